The highest BCUT2D eigenvalue weighted by Gasteiger charge is 2.17. The number of hydrogen-bond acceptors (Lipinski definition) is 8. The van der Waals surface area contributed by atoms with Crippen molar-refractivity contribution in [1.82, 2.24) is 24.6 Å². The zero-order valence-corrected chi connectivity index (χ0v) is 23.1. The second-order valence-corrected chi connectivity index (χ2v) is 8.58. The molecule has 0 fully saturated rings. The Kier molecular flexibility index (Phi) is 10.8. The summed E-state index contributed by atoms with van der Waals surface area (Å²) in [5.41, 5.74) is 5.21. The summed E-state index contributed by atoms with van der Waals surface area (Å²) in [5.74, 6) is 0.438. The number of alkyl halides is 2. The van der Waals surface area contributed by atoms with Gasteiger partial charge in [0.1, 0.15) is 18.2 Å². The van der Waals surface area contributed by atoms with Crippen LogP contribution in [0.3, 0.4) is 0 Å². The van der Waals surface area contributed by atoms with Gasteiger partial charge in [0.05, 0.1) is 11.4 Å². The van der Waals surface area contributed by atoms with Crippen molar-refractivity contribution in [3.63, 3.8) is 0 Å². The van der Waals surface area contributed by atoms with Gasteiger partial charge in [-0.2, -0.15) is 13.9 Å². The van der Waals surface area contributed by atoms with Gasteiger partial charge in [-0.1, -0.05) is 23.7 Å². The van der Waals surface area contributed by atoms with Gasteiger partial charge >= 0.3 is 6.61 Å². The predicted molar refractivity (Wildman–Crippen MR) is 153 cm³/mol. The molecule has 0 unspecified atom stereocenters. The van der Waals surface area contributed by atoms with Crippen molar-refractivity contribution in [2.45, 2.75) is 20.5 Å². The fourth-order valence-electron chi connectivity index (χ4n) is 3.66. The Labute approximate surface area is 239 Å². The first-order chi connectivity index (χ1) is 19.7. The number of halogens is 3. The lowest BCUT2D eigenvalue weighted by Crippen LogP contribution is -2.07. The number of ether oxygens (including phenoxy) is 1. The summed E-state index contributed by atoms with van der Waals surface area (Å²) in [7, 11) is 1.78. The number of anilines is 2. The molecule has 5 rings (SSSR count). The van der Waals surface area contributed by atoms with E-state index >= 15 is 0 Å². The monoisotopic (exact) mass is 581 g/mol. The number of carbonyl (C=O) groups is 2. The van der Waals surface area contributed by atoms with E-state index in [2.05, 4.69) is 30.3 Å². The van der Waals surface area contributed by atoms with Crippen LogP contribution in [-0.4, -0.2) is 50.9 Å². The number of aryl methyl sites for hydroxylation is 1. The van der Waals surface area contributed by atoms with E-state index in [0.717, 1.165) is 16.7 Å². The molecule has 0 bridgehead atoms. The van der Waals surface area contributed by atoms with Gasteiger partial charge in [0.25, 0.3) is 0 Å². The highest BCUT2D eigenvalue weighted by molar-refractivity contribution is 6.32. The van der Waals surface area contributed by atoms with Crippen LogP contribution in [0, 0.1) is 6.92 Å². The number of imidazole rings is 1. The Morgan fingerprint density at radius 1 is 1.07 bits per heavy atom. The van der Waals surface area contributed by atoms with Crippen LogP contribution in [0.1, 0.15) is 12.5 Å². The minimum Gasteiger partial charge on any atom is -0.435 e. The van der Waals surface area contributed by atoms with Crippen LogP contribution >= 0.6 is 11.6 Å². The third kappa shape index (κ3) is 8.02. The van der Waals surface area contributed by atoms with E-state index in [1.165, 1.54) is 13.0 Å². The number of nitrogens with zero attached hydrogens (tertiary/aromatic N) is 5. The maximum Gasteiger partial charge on any atom is 0.387 e. The van der Waals surface area contributed by atoms with Crippen LogP contribution in [0.5, 0.6) is 5.75 Å². The number of carbonyl (C=O) groups excluding carboxylic acids is 2. The van der Waals surface area contributed by atoms with Gasteiger partial charge in [-0.25, -0.2) is 14.5 Å². The Morgan fingerprint density at radius 2 is 1.80 bits per heavy atom. The molecule has 5 aromatic rings. The first kappa shape index (κ1) is 30.6. The fourth-order valence-corrected chi connectivity index (χ4v) is 3.86. The third-order valence-corrected chi connectivity index (χ3v) is 5.65. The summed E-state index contributed by atoms with van der Waals surface area (Å²) in [6.45, 7) is 2.52. The molecular formula is C28H26ClF2N7O3. The average molecular weight is 582 g/mol. The summed E-state index contributed by atoms with van der Waals surface area (Å²) in [5, 5.41) is 10.9. The molecule has 13 heteroatoms. The number of amides is 1. The maximum atomic E-state index is 11.6. The molecule has 41 heavy (non-hydrogen) atoms. The molecule has 0 spiro atoms. The zero-order valence-electron chi connectivity index (χ0n) is 22.3. The zero-order chi connectivity index (χ0) is 29.9. The van der Waals surface area contributed by atoms with Crippen molar-refractivity contribution in [1.29, 1.82) is 0 Å². The molecule has 212 valence electrons. The quantitative estimate of drug-likeness (QED) is 0.237. The van der Waals surface area contributed by atoms with Crippen molar-refractivity contribution >= 4 is 41.4 Å². The molecule has 2 N–H and O–H groups in total. The first-order valence-corrected chi connectivity index (χ1v) is 12.3. The van der Waals surface area contributed by atoms with Crippen LogP contribution < -0.4 is 15.4 Å². The second kappa shape index (κ2) is 14.4. The van der Waals surface area contributed by atoms with Crippen LogP contribution in [0.2, 0.25) is 5.15 Å². The molecule has 0 aliphatic heterocycles. The largest absolute Gasteiger partial charge is 0.435 e. The lowest BCUT2D eigenvalue weighted by atomic mass is 10.2. The topological polar surface area (TPSA) is 123 Å². The molecule has 4 aromatic heterocycles. The van der Waals surface area contributed by atoms with Crippen LogP contribution in [0.15, 0.2) is 73.2 Å². The van der Waals surface area contributed by atoms with E-state index in [4.69, 9.17) is 21.5 Å². The number of nitrogens with one attached hydrogen (secondary N) is 2. The van der Waals surface area contributed by atoms with Gasteiger partial charge < -0.3 is 20.2 Å². The summed E-state index contributed by atoms with van der Waals surface area (Å²) in [6.07, 6.45) is 5.02. The standard InChI is InChI=1S/C19H16ClN7O.C8H8F2O.CH2O/c1-11(28)24-19-17(12-5-7-22-8-6-12)27-16(25-19)4-3-14(26-27)13-9-15(21-2)18(20)23-10-13;1-6-3-2-4-7(5-6)11-8(9)10;1-2/h3-10,21H,1-2H3,(H,24,28);2-5,8H,1H3;1H2. The summed E-state index contributed by atoms with van der Waals surface area (Å²) in [6, 6.07) is 15.8. The molecule has 1 amide bonds. The fraction of sp³-hybridized carbons (Fsp3) is 0.143. The Hall–Kier alpha value is -4.97. The normalized spacial score (nSPS) is 10.2. The first-order valence-electron chi connectivity index (χ1n) is 12.0. The number of hydrogen-bond donors (Lipinski definition) is 2. The minimum atomic E-state index is -2.74. The lowest BCUT2D eigenvalue weighted by molar-refractivity contribution is -0.114. The Morgan fingerprint density at radius 3 is 2.44 bits per heavy atom. The van der Waals surface area contributed by atoms with Crippen molar-refractivity contribution in [3.05, 3.63) is 83.9 Å². The average Bonchev–Trinajstić information content (AvgIpc) is 3.31. The molecule has 0 aliphatic carbocycles. The highest BCUT2D eigenvalue weighted by atomic mass is 35.5. The number of pyridine rings is 2. The molecule has 4 heterocycles. The van der Waals surface area contributed by atoms with Crippen LogP contribution in [-0.2, 0) is 9.59 Å². The molecule has 1 aromatic carbocycles. The number of fused-ring (bicyclic) bond motifs is 1. The molecule has 0 radical (unpaired) electrons. The molecule has 0 aliphatic rings. The minimum absolute atomic E-state index is 0.208. The summed E-state index contributed by atoms with van der Waals surface area (Å²) >= 11 is 6.08. The number of aromatic nitrogens is 5. The Bertz CT molecular complexity index is 1620. The number of benzene rings is 1. The lowest BCUT2D eigenvalue weighted by Gasteiger charge is -2.08. The van der Waals surface area contributed by atoms with Gasteiger partial charge in [0, 0.05) is 43.7 Å². The molecular weight excluding hydrogens is 556 g/mol. The SMILES string of the molecule is C=O.CNc1cc(-c2ccc3nc(NC(C)=O)c(-c4ccncc4)n3n2)cnc1Cl.Cc1cccc(OC(F)F)c1. The van der Waals surface area contributed by atoms with E-state index in [0.29, 0.717) is 33.7 Å². The van der Waals surface area contributed by atoms with E-state index in [9.17, 15) is 13.6 Å². The van der Waals surface area contributed by atoms with Gasteiger partial charge in [-0.15, -0.1) is 0 Å². The van der Waals surface area contributed by atoms with Crippen molar-refractivity contribution in [3.8, 4) is 28.3 Å². The van der Waals surface area contributed by atoms with E-state index in [1.54, 1.807) is 42.3 Å². The Balaban J connectivity index is 0.000000299. The molecule has 0 saturated carbocycles. The summed E-state index contributed by atoms with van der Waals surface area (Å²) in [4.78, 5) is 32.4. The van der Waals surface area contributed by atoms with Gasteiger partial charge in [-0.05, 0) is 55.0 Å². The van der Waals surface area contributed by atoms with Gasteiger partial charge in [0.2, 0.25) is 5.91 Å². The van der Waals surface area contributed by atoms with E-state index in [-0.39, 0.29) is 11.7 Å². The second-order valence-electron chi connectivity index (χ2n) is 8.22. The van der Waals surface area contributed by atoms with Gasteiger partial charge in [-0.3, -0.25) is 9.78 Å². The number of rotatable bonds is 6. The van der Waals surface area contributed by atoms with Crippen LogP contribution in [0.25, 0.3) is 28.2 Å². The highest BCUT2D eigenvalue weighted by Crippen LogP contribution is 2.30. The van der Waals surface area contributed by atoms with Crippen molar-refractivity contribution in [2.75, 3.05) is 17.7 Å². The predicted octanol–water partition coefficient (Wildman–Crippen LogP) is 5.92. The molecule has 0 atom stereocenters. The summed E-state index contributed by atoms with van der Waals surface area (Å²) < 4.78 is 29.1. The smallest absolute Gasteiger partial charge is 0.387 e. The molecule has 0 saturated heterocycles. The van der Waals surface area contributed by atoms with Gasteiger partial charge in [0.15, 0.2) is 16.6 Å². The third-order valence-electron chi connectivity index (χ3n) is 5.34. The van der Waals surface area contributed by atoms with E-state index < -0.39 is 6.61 Å². The van der Waals surface area contributed by atoms with E-state index in [1.807, 2.05) is 50.1 Å². The molecule has 10 nitrogen and oxygen atoms in total. The van der Waals surface area contributed by atoms with Crippen molar-refractivity contribution < 1.29 is 23.1 Å². The van der Waals surface area contributed by atoms with Crippen LogP contribution in [0.4, 0.5) is 20.3 Å². The van der Waals surface area contributed by atoms with Crippen molar-refractivity contribution in [2.24, 2.45) is 0 Å². The maximum absolute atomic E-state index is 11.6.